The van der Waals surface area contributed by atoms with Gasteiger partial charge < -0.3 is 20.4 Å². The summed E-state index contributed by atoms with van der Waals surface area (Å²) in [7, 11) is 0. The number of piperazine rings is 1. The average molecular weight is 396 g/mol. The Hall–Kier alpha value is -3.42. The number of hydrogen-bond donors (Lipinski definition) is 2. The molecule has 2 aromatic rings. The molecule has 0 aliphatic carbocycles. The van der Waals surface area contributed by atoms with E-state index in [1.54, 1.807) is 6.07 Å². The molecule has 1 unspecified atom stereocenters. The highest BCUT2D eigenvalue weighted by molar-refractivity contribution is 6.04. The topological polar surface area (TPSA) is 81.8 Å². The Labute approximate surface area is 167 Å². The van der Waals surface area contributed by atoms with E-state index >= 15 is 0 Å². The van der Waals surface area contributed by atoms with E-state index in [0.717, 1.165) is 5.69 Å². The van der Waals surface area contributed by atoms with Gasteiger partial charge in [0, 0.05) is 31.7 Å². The molecule has 3 amide bonds. The molecule has 2 N–H and O–H groups in total. The summed E-state index contributed by atoms with van der Waals surface area (Å²) < 4.78 is 13.1. The first kappa shape index (κ1) is 18.9. The highest BCUT2D eigenvalue weighted by Gasteiger charge is 2.35. The second kappa shape index (κ2) is 7.90. The standard InChI is InChI=1S/C21H21FN4O3/c22-15-5-7-16(8-6-15)26-12-14(11-20(26)28)21(29)24-17-3-1-2-4-18(17)25-10-9-23-19(27)13-25/h1-8,14H,9-13H2,(H,23,27)(H,24,29). The van der Waals surface area contributed by atoms with Crippen molar-refractivity contribution in [2.45, 2.75) is 6.42 Å². The lowest BCUT2D eigenvalue weighted by atomic mass is 10.1. The molecule has 7 nitrogen and oxygen atoms in total. The second-order valence-corrected chi connectivity index (χ2v) is 7.16. The van der Waals surface area contributed by atoms with Gasteiger partial charge >= 0.3 is 0 Å². The molecule has 2 saturated heterocycles. The van der Waals surface area contributed by atoms with Crippen molar-refractivity contribution in [2.24, 2.45) is 5.92 Å². The molecule has 0 spiro atoms. The molecule has 2 fully saturated rings. The van der Waals surface area contributed by atoms with Crippen molar-refractivity contribution < 1.29 is 18.8 Å². The maximum atomic E-state index is 13.1. The van der Waals surface area contributed by atoms with Gasteiger partial charge in [0.15, 0.2) is 0 Å². The van der Waals surface area contributed by atoms with Crippen molar-refractivity contribution in [1.29, 1.82) is 0 Å². The normalized spacial score (nSPS) is 19.3. The van der Waals surface area contributed by atoms with Crippen LogP contribution in [0.4, 0.5) is 21.5 Å². The Morgan fingerprint density at radius 2 is 1.86 bits per heavy atom. The first-order valence-corrected chi connectivity index (χ1v) is 9.49. The maximum absolute atomic E-state index is 13.1. The average Bonchev–Trinajstić information content (AvgIpc) is 3.11. The van der Waals surface area contributed by atoms with Crippen LogP contribution < -0.4 is 20.4 Å². The van der Waals surface area contributed by atoms with Crippen LogP contribution in [0, 0.1) is 11.7 Å². The molecular formula is C21H21FN4O3. The first-order valence-electron chi connectivity index (χ1n) is 9.49. The molecule has 0 bridgehead atoms. The number of nitrogens with one attached hydrogen (secondary N) is 2. The fourth-order valence-corrected chi connectivity index (χ4v) is 3.69. The fraction of sp³-hybridized carbons (Fsp3) is 0.286. The minimum atomic E-state index is -0.509. The van der Waals surface area contributed by atoms with Gasteiger partial charge in [-0.15, -0.1) is 0 Å². The van der Waals surface area contributed by atoms with E-state index in [-0.39, 0.29) is 43.0 Å². The maximum Gasteiger partial charge on any atom is 0.239 e. The van der Waals surface area contributed by atoms with Crippen molar-refractivity contribution in [3.05, 3.63) is 54.3 Å². The zero-order chi connectivity index (χ0) is 20.4. The number of carbonyl (C=O) groups is 3. The van der Waals surface area contributed by atoms with Crippen LogP contribution in [0.5, 0.6) is 0 Å². The Bertz CT molecular complexity index is 947. The van der Waals surface area contributed by atoms with E-state index in [9.17, 15) is 18.8 Å². The highest BCUT2D eigenvalue weighted by atomic mass is 19.1. The van der Waals surface area contributed by atoms with Gasteiger partial charge in [0.05, 0.1) is 23.8 Å². The highest BCUT2D eigenvalue weighted by Crippen LogP contribution is 2.29. The van der Waals surface area contributed by atoms with Crippen LogP contribution in [0.1, 0.15) is 6.42 Å². The molecule has 1 atom stereocenters. The lowest BCUT2D eigenvalue weighted by Crippen LogP contribution is -2.48. The molecular weight excluding hydrogens is 375 g/mol. The first-order chi connectivity index (χ1) is 14.0. The molecule has 2 aliphatic rings. The number of amides is 3. The molecule has 0 aromatic heterocycles. The number of benzene rings is 2. The number of para-hydroxylation sites is 2. The monoisotopic (exact) mass is 396 g/mol. The van der Waals surface area contributed by atoms with Crippen LogP contribution in [0.3, 0.4) is 0 Å². The van der Waals surface area contributed by atoms with E-state index in [2.05, 4.69) is 10.6 Å². The Kier molecular flexibility index (Phi) is 5.16. The van der Waals surface area contributed by atoms with E-state index in [1.165, 1.54) is 29.2 Å². The number of halogens is 1. The molecule has 2 aliphatic heterocycles. The van der Waals surface area contributed by atoms with Gasteiger partial charge in [-0.1, -0.05) is 12.1 Å². The van der Waals surface area contributed by atoms with Crippen molar-refractivity contribution in [3.63, 3.8) is 0 Å². The third-order valence-electron chi connectivity index (χ3n) is 5.18. The summed E-state index contributed by atoms with van der Waals surface area (Å²) in [4.78, 5) is 40.4. The summed E-state index contributed by atoms with van der Waals surface area (Å²) in [6.07, 6.45) is 0.0947. The predicted octanol–water partition coefficient (Wildman–Crippen LogP) is 1.75. The Morgan fingerprint density at radius 3 is 2.62 bits per heavy atom. The van der Waals surface area contributed by atoms with E-state index in [4.69, 9.17) is 0 Å². The summed E-state index contributed by atoms with van der Waals surface area (Å²) >= 11 is 0. The van der Waals surface area contributed by atoms with Crippen LogP contribution in [-0.4, -0.2) is 43.9 Å². The third kappa shape index (κ3) is 4.06. The van der Waals surface area contributed by atoms with Crippen LogP contribution in [-0.2, 0) is 14.4 Å². The van der Waals surface area contributed by atoms with E-state index in [0.29, 0.717) is 24.5 Å². The number of nitrogens with zero attached hydrogens (tertiary/aromatic N) is 2. The van der Waals surface area contributed by atoms with Crippen LogP contribution in [0.15, 0.2) is 48.5 Å². The zero-order valence-electron chi connectivity index (χ0n) is 15.7. The zero-order valence-corrected chi connectivity index (χ0v) is 15.7. The van der Waals surface area contributed by atoms with Crippen LogP contribution >= 0.6 is 0 Å². The molecule has 29 heavy (non-hydrogen) atoms. The predicted molar refractivity (Wildman–Crippen MR) is 107 cm³/mol. The molecule has 2 heterocycles. The molecule has 2 aromatic carbocycles. The van der Waals surface area contributed by atoms with Gasteiger partial charge in [0.1, 0.15) is 5.82 Å². The van der Waals surface area contributed by atoms with Gasteiger partial charge in [-0.25, -0.2) is 4.39 Å². The lowest BCUT2D eigenvalue weighted by molar-refractivity contribution is -0.122. The Balaban J connectivity index is 1.47. The largest absolute Gasteiger partial charge is 0.359 e. The van der Waals surface area contributed by atoms with Crippen molar-refractivity contribution in [1.82, 2.24) is 5.32 Å². The number of anilines is 3. The Morgan fingerprint density at radius 1 is 1.10 bits per heavy atom. The third-order valence-corrected chi connectivity index (χ3v) is 5.18. The summed E-state index contributed by atoms with van der Waals surface area (Å²) in [6.45, 7) is 1.67. The molecule has 8 heteroatoms. The molecule has 4 rings (SSSR count). The SMILES string of the molecule is O=C1CN(c2ccccc2NC(=O)C2CC(=O)N(c3ccc(F)cc3)C2)CCN1. The van der Waals surface area contributed by atoms with Crippen molar-refractivity contribution in [3.8, 4) is 0 Å². The van der Waals surface area contributed by atoms with Crippen molar-refractivity contribution in [2.75, 3.05) is 41.3 Å². The summed E-state index contributed by atoms with van der Waals surface area (Å²) in [6, 6.07) is 13.0. The lowest BCUT2D eigenvalue weighted by Gasteiger charge is -2.30. The molecule has 150 valence electrons. The molecule has 0 radical (unpaired) electrons. The van der Waals surface area contributed by atoms with Gasteiger partial charge in [-0.2, -0.15) is 0 Å². The summed E-state index contributed by atoms with van der Waals surface area (Å²) in [5.41, 5.74) is 1.96. The van der Waals surface area contributed by atoms with Gasteiger partial charge in [0.25, 0.3) is 0 Å². The summed E-state index contributed by atoms with van der Waals surface area (Å²) in [5, 5.41) is 5.70. The molecule has 0 saturated carbocycles. The second-order valence-electron chi connectivity index (χ2n) is 7.16. The van der Waals surface area contributed by atoms with Crippen LogP contribution in [0.25, 0.3) is 0 Å². The quantitative estimate of drug-likeness (QED) is 0.825. The number of rotatable bonds is 4. The number of carbonyl (C=O) groups excluding carboxylic acids is 3. The number of hydrogen-bond acceptors (Lipinski definition) is 4. The van der Waals surface area contributed by atoms with Gasteiger partial charge in [-0.3, -0.25) is 14.4 Å². The minimum Gasteiger partial charge on any atom is -0.359 e. The van der Waals surface area contributed by atoms with Crippen LogP contribution in [0.2, 0.25) is 0 Å². The smallest absolute Gasteiger partial charge is 0.239 e. The van der Waals surface area contributed by atoms with Gasteiger partial charge in [-0.05, 0) is 36.4 Å². The van der Waals surface area contributed by atoms with Crippen molar-refractivity contribution >= 4 is 34.8 Å². The van der Waals surface area contributed by atoms with E-state index in [1.807, 2.05) is 23.1 Å². The minimum absolute atomic E-state index is 0.0614. The van der Waals surface area contributed by atoms with E-state index < -0.39 is 5.92 Å². The van der Waals surface area contributed by atoms with Gasteiger partial charge in [0.2, 0.25) is 17.7 Å². The summed E-state index contributed by atoms with van der Waals surface area (Å²) in [5.74, 6) is -1.37. The fourth-order valence-electron chi connectivity index (χ4n) is 3.69.